The average Bonchev–Trinajstić information content (AvgIpc) is 3.92. The van der Waals surface area contributed by atoms with E-state index in [0.29, 0.717) is 73.8 Å². The van der Waals surface area contributed by atoms with E-state index in [1.165, 1.54) is 6.20 Å². The number of anilines is 2. The number of ether oxygens (including phenoxy) is 1. The predicted molar refractivity (Wildman–Crippen MR) is 246 cm³/mol. The van der Waals surface area contributed by atoms with Crippen LogP contribution in [0.5, 0.6) is 5.75 Å². The minimum absolute atomic E-state index is 0.171. The highest BCUT2D eigenvalue weighted by molar-refractivity contribution is 6.06. The lowest BCUT2D eigenvalue weighted by Gasteiger charge is -2.41. The number of pyridine rings is 2. The monoisotopic (exact) mass is 927 g/mol. The summed E-state index contributed by atoms with van der Waals surface area (Å²) in [5, 5.41) is 22.2. The number of carbonyl (C=O) groups is 5. The number of benzene rings is 2. The molecule has 3 saturated heterocycles. The topological polar surface area (TPSA) is 198 Å². The van der Waals surface area contributed by atoms with Crippen LogP contribution in [0.15, 0.2) is 73.2 Å². The lowest BCUT2D eigenvalue weighted by molar-refractivity contribution is -0.137. The molecule has 3 N–H and O–H groups in total. The van der Waals surface area contributed by atoms with E-state index in [2.05, 4.69) is 36.9 Å². The second-order valence-electron chi connectivity index (χ2n) is 17.6. The van der Waals surface area contributed by atoms with Crippen molar-refractivity contribution in [1.29, 1.82) is 5.26 Å². The Hall–Kier alpha value is -7.46. The molecule has 0 aliphatic carbocycles. The second-order valence-corrected chi connectivity index (χ2v) is 17.6. The number of imide groups is 1. The van der Waals surface area contributed by atoms with E-state index in [1.54, 1.807) is 21.8 Å². The smallest absolute Gasteiger partial charge is 0.255 e. The standard InChI is InChI=1S/C49H51F2N11O6/c1-2-68-36-25-37(44-33(26-52)28-55-62(44)30-36)31-6-11-42(54-27-31)60-17-13-49(14-18-60,57-45(64)39-23-34(50)7-9-40(39)51)48(67)53-15-3-4-16-58-19-21-59(22-20-58)35-8-5-32-29-61(47(66)38(32)24-35)41-10-12-43(63)56-46(41)65/h5-9,11,23-25,27-28,30,41H,2-4,10,12-22,29H2,1H3,(H,53,67)(H,57,64)(H,56,63,65). The number of piperazine rings is 1. The number of halogens is 2. The van der Waals surface area contributed by atoms with Crippen molar-refractivity contribution < 1.29 is 37.5 Å². The van der Waals surface area contributed by atoms with Crippen LogP contribution < -0.4 is 30.5 Å². The first kappa shape index (κ1) is 45.7. The van der Waals surface area contributed by atoms with Crippen LogP contribution in [0.3, 0.4) is 0 Å². The molecular weight excluding hydrogens is 877 g/mol. The van der Waals surface area contributed by atoms with Gasteiger partial charge in [0.2, 0.25) is 17.7 Å². The van der Waals surface area contributed by atoms with E-state index in [4.69, 9.17) is 9.72 Å². The number of nitriles is 1. The molecule has 5 amide bonds. The zero-order chi connectivity index (χ0) is 47.5. The number of hydrogen-bond acceptors (Lipinski definition) is 12. The third kappa shape index (κ3) is 9.28. The maximum absolute atomic E-state index is 14.8. The Bertz CT molecular complexity index is 2810. The van der Waals surface area contributed by atoms with Crippen LogP contribution in [-0.2, 0) is 20.9 Å². The molecule has 352 valence electrons. The molecule has 4 aliphatic rings. The Balaban J connectivity index is 0.790. The van der Waals surface area contributed by atoms with Crippen LogP contribution in [0.4, 0.5) is 20.3 Å². The lowest BCUT2D eigenvalue weighted by Crippen LogP contribution is -2.63. The molecule has 1 atom stereocenters. The fourth-order valence-electron chi connectivity index (χ4n) is 9.66. The molecule has 0 bridgehead atoms. The Morgan fingerprint density at radius 2 is 1.75 bits per heavy atom. The molecule has 0 radical (unpaired) electrons. The predicted octanol–water partition coefficient (Wildman–Crippen LogP) is 4.19. The quantitative estimate of drug-likeness (QED) is 0.106. The molecule has 7 heterocycles. The first-order valence-electron chi connectivity index (χ1n) is 23.0. The maximum Gasteiger partial charge on any atom is 0.255 e. The molecule has 2 aromatic carbocycles. The highest BCUT2D eigenvalue weighted by atomic mass is 19.1. The number of hydrogen-bond donors (Lipinski definition) is 3. The first-order chi connectivity index (χ1) is 32.9. The number of carbonyl (C=O) groups excluding carboxylic acids is 5. The summed E-state index contributed by atoms with van der Waals surface area (Å²) in [6.07, 6.45) is 7.26. The molecule has 3 aromatic heterocycles. The summed E-state index contributed by atoms with van der Waals surface area (Å²) in [7, 11) is 0. The third-order valence-electron chi connectivity index (χ3n) is 13.4. The van der Waals surface area contributed by atoms with Crippen LogP contribution in [0.25, 0.3) is 16.6 Å². The highest BCUT2D eigenvalue weighted by Crippen LogP contribution is 2.34. The fourth-order valence-corrected chi connectivity index (χ4v) is 9.66. The van der Waals surface area contributed by atoms with Gasteiger partial charge in [0.25, 0.3) is 11.8 Å². The van der Waals surface area contributed by atoms with Gasteiger partial charge in [0.05, 0.1) is 35.6 Å². The molecule has 5 aromatic rings. The van der Waals surface area contributed by atoms with Crippen LogP contribution in [0, 0.1) is 23.0 Å². The van der Waals surface area contributed by atoms with Crippen LogP contribution in [0.1, 0.15) is 77.3 Å². The van der Waals surface area contributed by atoms with Crippen molar-refractivity contribution in [1.82, 2.24) is 40.3 Å². The van der Waals surface area contributed by atoms with Gasteiger partial charge in [0, 0.05) is 87.4 Å². The van der Waals surface area contributed by atoms with Gasteiger partial charge >= 0.3 is 0 Å². The number of piperidine rings is 2. The Labute approximate surface area is 391 Å². The molecule has 9 rings (SSSR count). The SMILES string of the molecule is CCOc1cc(-c2ccc(N3CCC(NC(=O)c4cc(F)ccc4F)(C(=O)NCCCCN4CCN(c5ccc6c(c5)C(=O)N(C5CCC(=O)NC5=O)C6)CC4)CC3)nc2)c2c(C#N)cnn2c1. The number of nitrogens with zero attached hydrogens (tertiary/aromatic N) is 8. The van der Waals surface area contributed by atoms with Crippen molar-refractivity contribution in [2.24, 2.45) is 0 Å². The van der Waals surface area contributed by atoms with E-state index in [0.717, 1.165) is 79.7 Å². The first-order valence-corrected chi connectivity index (χ1v) is 23.0. The summed E-state index contributed by atoms with van der Waals surface area (Å²) in [5.74, 6) is -2.68. The van der Waals surface area contributed by atoms with E-state index in [-0.39, 0.29) is 31.1 Å². The van der Waals surface area contributed by atoms with Crippen molar-refractivity contribution in [2.75, 3.05) is 68.8 Å². The zero-order valence-electron chi connectivity index (χ0n) is 37.6. The van der Waals surface area contributed by atoms with Gasteiger partial charge in [-0.3, -0.25) is 34.2 Å². The molecule has 19 heteroatoms. The fraction of sp³-hybridized carbons (Fsp3) is 0.388. The van der Waals surface area contributed by atoms with Crippen molar-refractivity contribution in [3.8, 4) is 22.9 Å². The zero-order valence-corrected chi connectivity index (χ0v) is 37.6. The van der Waals surface area contributed by atoms with Gasteiger partial charge in [-0.25, -0.2) is 18.3 Å². The largest absolute Gasteiger partial charge is 0.492 e. The minimum Gasteiger partial charge on any atom is -0.492 e. The molecule has 4 aliphatic heterocycles. The number of fused-ring (bicyclic) bond motifs is 2. The normalized spacial score (nSPS) is 18.3. The number of amides is 5. The Morgan fingerprint density at radius 3 is 2.49 bits per heavy atom. The van der Waals surface area contributed by atoms with Crippen LogP contribution >= 0.6 is 0 Å². The average molecular weight is 928 g/mol. The van der Waals surface area contributed by atoms with Gasteiger partial charge in [-0.1, -0.05) is 6.07 Å². The van der Waals surface area contributed by atoms with Crippen molar-refractivity contribution in [3.63, 3.8) is 0 Å². The van der Waals surface area contributed by atoms with Gasteiger partial charge in [0.1, 0.15) is 40.9 Å². The van der Waals surface area contributed by atoms with Gasteiger partial charge < -0.3 is 30.1 Å². The van der Waals surface area contributed by atoms with E-state index >= 15 is 0 Å². The molecule has 0 spiro atoms. The van der Waals surface area contributed by atoms with E-state index in [9.17, 15) is 38.0 Å². The van der Waals surface area contributed by atoms with Crippen molar-refractivity contribution in [3.05, 3.63) is 107 Å². The number of unbranched alkanes of at least 4 members (excludes halogenated alkanes) is 1. The number of aromatic nitrogens is 3. The van der Waals surface area contributed by atoms with Crippen LogP contribution in [0.2, 0.25) is 0 Å². The molecular formula is C49H51F2N11O6. The second kappa shape index (κ2) is 19.4. The van der Waals surface area contributed by atoms with Gasteiger partial charge in [-0.15, -0.1) is 0 Å². The maximum atomic E-state index is 14.8. The van der Waals surface area contributed by atoms with Crippen molar-refractivity contribution >= 4 is 46.6 Å². The molecule has 3 fully saturated rings. The number of rotatable bonds is 14. The third-order valence-corrected chi connectivity index (χ3v) is 13.4. The molecule has 17 nitrogen and oxygen atoms in total. The van der Waals surface area contributed by atoms with Crippen molar-refractivity contribution in [2.45, 2.75) is 63.6 Å². The Kier molecular flexibility index (Phi) is 13.0. The van der Waals surface area contributed by atoms with Gasteiger partial charge in [-0.2, -0.15) is 10.4 Å². The van der Waals surface area contributed by atoms with Gasteiger partial charge in [-0.05, 0) is 99.7 Å². The lowest BCUT2D eigenvalue weighted by atomic mass is 9.85. The van der Waals surface area contributed by atoms with Crippen LogP contribution in [-0.4, -0.2) is 124 Å². The summed E-state index contributed by atoms with van der Waals surface area (Å²) >= 11 is 0. The summed E-state index contributed by atoms with van der Waals surface area (Å²) in [5.41, 5.74) is 3.00. The summed E-state index contributed by atoms with van der Waals surface area (Å²) < 4.78 is 36.3. The molecule has 0 saturated carbocycles. The summed E-state index contributed by atoms with van der Waals surface area (Å²) in [6, 6.07) is 15.6. The minimum atomic E-state index is -1.41. The van der Waals surface area contributed by atoms with E-state index in [1.807, 2.05) is 48.2 Å². The summed E-state index contributed by atoms with van der Waals surface area (Å²) in [6.45, 7) is 7.58. The van der Waals surface area contributed by atoms with E-state index < -0.39 is 46.5 Å². The summed E-state index contributed by atoms with van der Waals surface area (Å²) in [4.78, 5) is 78.0. The molecule has 68 heavy (non-hydrogen) atoms. The van der Waals surface area contributed by atoms with Gasteiger partial charge in [0.15, 0.2) is 0 Å². The Morgan fingerprint density at radius 1 is 0.941 bits per heavy atom. The highest BCUT2D eigenvalue weighted by Gasteiger charge is 2.44. The molecule has 1 unspecified atom stereocenters. The number of nitrogens with one attached hydrogen (secondary N) is 3.